The van der Waals surface area contributed by atoms with Gasteiger partial charge in [-0.3, -0.25) is 0 Å². The lowest BCUT2D eigenvalue weighted by Gasteiger charge is -2.18. The summed E-state index contributed by atoms with van der Waals surface area (Å²) in [6.07, 6.45) is 5.29. The van der Waals surface area contributed by atoms with Gasteiger partial charge in [-0.05, 0) is 30.4 Å². The van der Waals surface area contributed by atoms with E-state index in [4.69, 9.17) is 4.98 Å². The molecule has 3 aromatic rings. The van der Waals surface area contributed by atoms with Crippen LogP contribution in [0.3, 0.4) is 0 Å². The highest BCUT2D eigenvalue weighted by atomic mass is 15.1. The van der Waals surface area contributed by atoms with Gasteiger partial charge in [0.1, 0.15) is 5.82 Å². The fourth-order valence-electron chi connectivity index (χ4n) is 3.58. The summed E-state index contributed by atoms with van der Waals surface area (Å²) >= 11 is 0. The van der Waals surface area contributed by atoms with Gasteiger partial charge < -0.3 is 4.57 Å². The molecule has 0 aliphatic heterocycles. The molecule has 1 aliphatic rings. The van der Waals surface area contributed by atoms with Crippen molar-refractivity contribution < 1.29 is 0 Å². The Morgan fingerprint density at radius 3 is 2.23 bits per heavy atom. The average Bonchev–Trinajstić information content (AvgIpc) is 3.18. The van der Waals surface area contributed by atoms with E-state index in [1.54, 1.807) is 0 Å². The van der Waals surface area contributed by atoms with Crippen LogP contribution in [-0.2, 0) is 19.3 Å². The Kier molecular flexibility index (Phi) is 3.30. The molecule has 0 atom stereocenters. The van der Waals surface area contributed by atoms with Crippen molar-refractivity contribution in [2.24, 2.45) is 0 Å². The van der Waals surface area contributed by atoms with Crippen LogP contribution in [-0.4, -0.2) is 9.55 Å². The molecule has 110 valence electrons. The Labute approximate surface area is 131 Å². The topological polar surface area (TPSA) is 17.8 Å². The zero-order valence-electron chi connectivity index (χ0n) is 12.9. The maximum Gasteiger partial charge on any atom is 0.140 e. The lowest BCUT2D eigenvalue weighted by molar-refractivity contribution is 0.517. The summed E-state index contributed by atoms with van der Waals surface area (Å²) in [7, 11) is 0. The Bertz CT molecular complexity index is 761. The average molecular weight is 288 g/mol. The van der Waals surface area contributed by atoms with Crippen molar-refractivity contribution in [3.05, 3.63) is 77.6 Å². The lowest BCUT2D eigenvalue weighted by atomic mass is 10.1. The van der Waals surface area contributed by atoms with Crippen molar-refractivity contribution in [3.8, 4) is 11.4 Å². The minimum Gasteiger partial charge on any atom is -0.324 e. The zero-order chi connectivity index (χ0) is 14.9. The van der Waals surface area contributed by atoms with E-state index < -0.39 is 0 Å². The molecule has 1 aliphatic carbocycles. The number of nitrogens with zero attached hydrogens (tertiary/aromatic N) is 2. The first-order chi connectivity index (χ1) is 10.9. The molecule has 2 heteroatoms. The van der Waals surface area contributed by atoms with E-state index >= 15 is 0 Å². The number of aryl methyl sites for hydroxylation is 1. The molecule has 2 aromatic carbocycles. The third-order valence-corrected chi connectivity index (χ3v) is 4.66. The molecule has 0 saturated heterocycles. The molecule has 0 spiro atoms. The molecule has 0 unspecified atom stereocenters. The van der Waals surface area contributed by atoms with Crippen LogP contribution in [0.1, 0.15) is 29.8 Å². The van der Waals surface area contributed by atoms with Gasteiger partial charge in [-0.2, -0.15) is 0 Å². The van der Waals surface area contributed by atoms with E-state index in [9.17, 15) is 0 Å². The maximum atomic E-state index is 4.73. The van der Waals surface area contributed by atoms with Crippen molar-refractivity contribution in [1.82, 2.24) is 9.55 Å². The summed E-state index contributed by atoms with van der Waals surface area (Å²) in [6.45, 7) is 2.21. The number of imidazole rings is 1. The molecular weight excluding hydrogens is 268 g/mol. The highest BCUT2D eigenvalue weighted by molar-refractivity contribution is 5.56. The minimum absolute atomic E-state index is 0.491. The van der Waals surface area contributed by atoms with Crippen LogP contribution in [0, 0.1) is 0 Å². The summed E-state index contributed by atoms with van der Waals surface area (Å²) in [5.74, 6) is 1.11. The second-order valence-corrected chi connectivity index (χ2v) is 5.99. The standard InChI is InChI=1S/C20H20N2/c1-2-18-14-21-20(15-8-4-3-5-9-15)22(18)19-12-16-10-6-7-11-17(16)13-19/h3-11,14,19H,2,12-13H2,1H3. The van der Waals surface area contributed by atoms with Crippen molar-refractivity contribution in [1.29, 1.82) is 0 Å². The number of fused-ring (bicyclic) bond motifs is 1. The molecule has 0 N–H and O–H groups in total. The van der Waals surface area contributed by atoms with E-state index in [-0.39, 0.29) is 0 Å². The third-order valence-electron chi connectivity index (χ3n) is 4.66. The van der Waals surface area contributed by atoms with Gasteiger partial charge in [0.15, 0.2) is 0 Å². The van der Waals surface area contributed by atoms with E-state index in [2.05, 4.69) is 66.1 Å². The summed E-state index contributed by atoms with van der Waals surface area (Å²) in [5.41, 5.74) is 5.51. The molecule has 4 rings (SSSR count). The van der Waals surface area contributed by atoms with Gasteiger partial charge in [0, 0.05) is 23.5 Å². The smallest absolute Gasteiger partial charge is 0.140 e. The van der Waals surface area contributed by atoms with Gasteiger partial charge in [-0.1, -0.05) is 61.5 Å². The van der Waals surface area contributed by atoms with Gasteiger partial charge in [0.25, 0.3) is 0 Å². The van der Waals surface area contributed by atoms with Gasteiger partial charge >= 0.3 is 0 Å². The Balaban J connectivity index is 1.78. The van der Waals surface area contributed by atoms with Crippen LogP contribution in [0.2, 0.25) is 0 Å². The van der Waals surface area contributed by atoms with Gasteiger partial charge in [0.05, 0.1) is 0 Å². The molecule has 0 radical (unpaired) electrons. The largest absolute Gasteiger partial charge is 0.324 e. The van der Waals surface area contributed by atoms with Crippen LogP contribution < -0.4 is 0 Å². The van der Waals surface area contributed by atoms with Crippen LogP contribution in [0.4, 0.5) is 0 Å². The van der Waals surface area contributed by atoms with Gasteiger partial charge in [-0.15, -0.1) is 0 Å². The minimum atomic E-state index is 0.491. The molecule has 0 fully saturated rings. The highest BCUT2D eigenvalue weighted by Crippen LogP contribution is 2.34. The predicted molar refractivity (Wildman–Crippen MR) is 89.9 cm³/mol. The molecule has 1 aromatic heterocycles. The summed E-state index contributed by atoms with van der Waals surface area (Å²) in [6, 6.07) is 19.9. The summed E-state index contributed by atoms with van der Waals surface area (Å²) in [4.78, 5) is 4.73. The number of hydrogen-bond donors (Lipinski definition) is 0. The number of benzene rings is 2. The third kappa shape index (κ3) is 2.16. The number of hydrogen-bond acceptors (Lipinski definition) is 1. The first-order valence-electron chi connectivity index (χ1n) is 8.05. The summed E-state index contributed by atoms with van der Waals surface area (Å²) in [5, 5.41) is 0. The predicted octanol–water partition coefficient (Wildman–Crippen LogP) is 4.45. The molecule has 0 amide bonds. The molecule has 22 heavy (non-hydrogen) atoms. The quantitative estimate of drug-likeness (QED) is 0.696. The molecule has 0 bridgehead atoms. The van der Waals surface area contributed by atoms with Crippen LogP contribution in [0.5, 0.6) is 0 Å². The van der Waals surface area contributed by atoms with Gasteiger partial charge in [0.2, 0.25) is 0 Å². The Hall–Kier alpha value is -2.35. The fraction of sp³-hybridized carbons (Fsp3) is 0.250. The normalized spacial score (nSPS) is 14.2. The SMILES string of the molecule is CCc1cnc(-c2ccccc2)n1C1Cc2ccccc2C1. The van der Waals surface area contributed by atoms with Crippen LogP contribution in [0.15, 0.2) is 60.8 Å². The molecule has 0 saturated carbocycles. The van der Waals surface area contributed by atoms with Crippen molar-refractivity contribution >= 4 is 0 Å². The van der Waals surface area contributed by atoms with Crippen molar-refractivity contribution in [2.75, 3.05) is 0 Å². The van der Waals surface area contributed by atoms with Crippen LogP contribution in [0.25, 0.3) is 11.4 Å². The fourth-order valence-corrected chi connectivity index (χ4v) is 3.58. The molecule has 2 nitrogen and oxygen atoms in total. The molecule has 1 heterocycles. The van der Waals surface area contributed by atoms with E-state index in [0.29, 0.717) is 6.04 Å². The van der Waals surface area contributed by atoms with E-state index in [1.165, 1.54) is 22.4 Å². The van der Waals surface area contributed by atoms with Crippen molar-refractivity contribution in [2.45, 2.75) is 32.2 Å². The maximum absolute atomic E-state index is 4.73. The first-order valence-corrected chi connectivity index (χ1v) is 8.05. The first kappa shape index (κ1) is 13.3. The highest BCUT2D eigenvalue weighted by Gasteiger charge is 2.26. The molecular formula is C20H20N2. The monoisotopic (exact) mass is 288 g/mol. The second kappa shape index (κ2) is 5.45. The van der Waals surface area contributed by atoms with Crippen LogP contribution >= 0.6 is 0 Å². The van der Waals surface area contributed by atoms with E-state index in [1.807, 2.05) is 6.20 Å². The Morgan fingerprint density at radius 2 is 1.59 bits per heavy atom. The van der Waals surface area contributed by atoms with Gasteiger partial charge in [-0.25, -0.2) is 4.98 Å². The zero-order valence-corrected chi connectivity index (χ0v) is 12.9. The number of aromatic nitrogens is 2. The second-order valence-electron chi connectivity index (χ2n) is 5.99. The van der Waals surface area contributed by atoms with Crippen molar-refractivity contribution in [3.63, 3.8) is 0 Å². The Morgan fingerprint density at radius 1 is 0.955 bits per heavy atom. The number of rotatable bonds is 3. The summed E-state index contributed by atoms with van der Waals surface area (Å²) < 4.78 is 2.47. The lowest BCUT2D eigenvalue weighted by Crippen LogP contribution is -2.13. The van der Waals surface area contributed by atoms with E-state index in [0.717, 1.165) is 25.1 Å².